The molecule has 2 aliphatic rings. The normalized spacial score (nSPS) is 23.6. The van der Waals surface area contributed by atoms with Crippen LogP contribution in [-0.2, 0) is 6.54 Å². The molecule has 25 heavy (non-hydrogen) atoms. The molecule has 0 aromatic carbocycles. The van der Waals surface area contributed by atoms with E-state index in [1.807, 2.05) is 13.1 Å². The summed E-state index contributed by atoms with van der Waals surface area (Å²) in [4.78, 5) is 13.6. The van der Waals surface area contributed by atoms with Crippen LogP contribution in [0.25, 0.3) is 11.4 Å². The van der Waals surface area contributed by atoms with E-state index in [2.05, 4.69) is 19.9 Å². The highest BCUT2D eigenvalue weighted by Crippen LogP contribution is 2.34. The van der Waals surface area contributed by atoms with E-state index in [0.29, 0.717) is 23.1 Å². The molecule has 2 fully saturated rings. The van der Waals surface area contributed by atoms with Gasteiger partial charge in [0.15, 0.2) is 0 Å². The molecule has 0 saturated heterocycles. The third-order valence-corrected chi connectivity index (χ3v) is 5.56. The first-order valence-electron chi connectivity index (χ1n) is 9.17. The minimum atomic E-state index is 0.333. The molecule has 4 rings (SSSR count). The van der Waals surface area contributed by atoms with Crippen LogP contribution in [0.3, 0.4) is 0 Å². The van der Waals surface area contributed by atoms with Crippen molar-refractivity contribution in [3.05, 3.63) is 23.2 Å². The molecule has 2 heterocycles. The van der Waals surface area contributed by atoms with Gasteiger partial charge in [-0.15, -0.1) is 0 Å². The molecular weight excluding hydrogens is 336 g/mol. The number of rotatable bonds is 5. The standard InChI is InChI=1S/C18H25ClN6/c1-11-21-9-16(25(11)10-12-2-3-12)17-15(19)8-22-18(24-17)23-14-6-4-13(20)5-7-14/h8-9,12-14H,2-7,10,20H2,1H3,(H,22,23,24)/t13-,14-. The fraction of sp³-hybridized carbons (Fsp3) is 0.611. The van der Waals surface area contributed by atoms with Crippen molar-refractivity contribution in [3.8, 4) is 11.4 Å². The second kappa shape index (κ2) is 6.92. The number of halogens is 1. The Bertz CT molecular complexity index is 746. The Labute approximate surface area is 153 Å². The Hall–Kier alpha value is -1.66. The van der Waals surface area contributed by atoms with Gasteiger partial charge in [0.05, 0.1) is 23.1 Å². The van der Waals surface area contributed by atoms with Gasteiger partial charge in [-0.2, -0.15) is 0 Å². The molecule has 134 valence electrons. The summed E-state index contributed by atoms with van der Waals surface area (Å²) in [6.07, 6.45) is 10.4. The van der Waals surface area contributed by atoms with E-state index in [4.69, 9.17) is 22.3 Å². The second-order valence-corrected chi connectivity index (χ2v) is 7.80. The average molecular weight is 361 g/mol. The minimum Gasteiger partial charge on any atom is -0.351 e. The summed E-state index contributed by atoms with van der Waals surface area (Å²) in [6.45, 7) is 3.02. The van der Waals surface area contributed by atoms with Crippen LogP contribution >= 0.6 is 11.6 Å². The Balaban J connectivity index is 1.57. The summed E-state index contributed by atoms with van der Waals surface area (Å²) in [5, 5.41) is 4.02. The molecule has 2 aromatic rings. The highest BCUT2D eigenvalue weighted by Gasteiger charge is 2.25. The minimum absolute atomic E-state index is 0.333. The number of hydrogen-bond acceptors (Lipinski definition) is 5. The van der Waals surface area contributed by atoms with Crippen LogP contribution < -0.4 is 11.1 Å². The zero-order valence-corrected chi connectivity index (χ0v) is 15.3. The third kappa shape index (κ3) is 3.80. The van der Waals surface area contributed by atoms with E-state index >= 15 is 0 Å². The first-order chi connectivity index (χ1) is 12.1. The number of aromatic nitrogens is 4. The molecule has 0 atom stereocenters. The fourth-order valence-corrected chi connectivity index (χ4v) is 3.70. The summed E-state index contributed by atoms with van der Waals surface area (Å²) in [5.74, 6) is 2.40. The highest BCUT2D eigenvalue weighted by atomic mass is 35.5. The number of aryl methyl sites for hydroxylation is 1. The number of anilines is 1. The molecule has 0 aliphatic heterocycles. The summed E-state index contributed by atoms with van der Waals surface area (Å²) in [7, 11) is 0. The molecule has 6 nitrogen and oxygen atoms in total. The van der Waals surface area contributed by atoms with Crippen molar-refractivity contribution >= 4 is 17.5 Å². The average Bonchev–Trinajstić information content (AvgIpc) is 3.35. The van der Waals surface area contributed by atoms with Gasteiger partial charge in [-0.3, -0.25) is 0 Å². The molecule has 0 bridgehead atoms. The maximum absolute atomic E-state index is 6.42. The smallest absolute Gasteiger partial charge is 0.223 e. The lowest BCUT2D eigenvalue weighted by atomic mass is 9.92. The molecule has 7 heteroatoms. The van der Waals surface area contributed by atoms with Crippen molar-refractivity contribution < 1.29 is 0 Å². The lowest BCUT2D eigenvalue weighted by molar-refractivity contribution is 0.410. The fourth-order valence-electron chi connectivity index (χ4n) is 3.51. The van der Waals surface area contributed by atoms with Gasteiger partial charge in [0.2, 0.25) is 5.95 Å². The van der Waals surface area contributed by atoms with Gasteiger partial charge in [0, 0.05) is 18.6 Å². The van der Waals surface area contributed by atoms with Crippen LogP contribution in [0.2, 0.25) is 5.02 Å². The number of nitrogens with one attached hydrogen (secondary N) is 1. The maximum atomic E-state index is 6.42. The molecule has 2 saturated carbocycles. The Morgan fingerprint density at radius 3 is 2.64 bits per heavy atom. The largest absolute Gasteiger partial charge is 0.351 e. The molecule has 0 amide bonds. The maximum Gasteiger partial charge on any atom is 0.223 e. The van der Waals surface area contributed by atoms with Gasteiger partial charge in [-0.25, -0.2) is 15.0 Å². The van der Waals surface area contributed by atoms with Gasteiger partial charge >= 0.3 is 0 Å². The Morgan fingerprint density at radius 1 is 1.16 bits per heavy atom. The van der Waals surface area contributed by atoms with Crippen LogP contribution in [0, 0.1) is 12.8 Å². The number of nitrogens with zero attached hydrogens (tertiary/aromatic N) is 4. The predicted molar refractivity (Wildman–Crippen MR) is 99.6 cm³/mol. The van der Waals surface area contributed by atoms with Crippen molar-refractivity contribution in [1.82, 2.24) is 19.5 Å². The molecule has 2 aromatic heterocycles. The van der Waals surface area contributed by atoms with Crippen LogP contribution in [0.5, 0.6) is 0 Å². The van der Waals surface area contributed by atoms with Crippen molar-refractivity contribution in [1.29, 1.82) is 0 Å². The van der Waals surface area contributed by atoms with E-state index in [1.165, 1.54) is 12.8 Å². The van der Waals surface area contributed by atoms with Gasteiger partial charge in [0.1, 0.15) is 11.5 Å². The second-order valence-electron chi connectivity index (χ2n) is 7.39. The molecule has 0 spiro atoms. The molecule has 3 N–H and O–H groups in total. The summed E-state index contributed by atoms with van der Waals surface area (Å²) >= 11 is 6.42. The summed E-state index contributed by atoms with van der Waals surface area (Å²) < 4.78 is 2.23. The van der Waals surface area contributed by atoms with E-state index in [9.17, 15) is 0 Å². The number of hydrogen-bond donors (Lipinski definition) is 2. The molecule has 0 unspecified atom stereocenters. The van der Waals surface area contributed by atoms with Gasteiger partial charge in [0.25, 0.3) is 0 Å². The lowest BCUT2D eigenvalue weighted by Crippen LogP contribution is -2.33. The van der Waals surface area contributed by atoms with E-state index < -0.39 is 0 Å². The SMILES string of the molecule is Cc1ncc(-c2nc(N[C@H]3CC[C@H](N)CC3)ncc2Cl)n1CC1CC1. The Morgan fingerprint density at radius 2 is 1.92 bits per heavy atom. The van der Waals surface area contributed by atoms with E-state index in [-0.39, 0.29) is 0 Å². The molecular formula is C18H25ClN6. The van der Waals surface area contributed by atoms with Crippen molar-refractivity contribution in [2.45, 2.75) is 64.1 Å². The first kappa shape index (κ1) is 16.8. The van der Waals surface area contributed by atoms with E-state index in [1.54, 1.807) is 6.20 Å². The zero-order chi connectivity index (χ0) is 17.4. The van der Waals surface area contributed by atoms with Crippen molar-refractivity contribution in [2.75, 3.05) is 5.32 Å². The third-order valence-electron chi connectivity index (χ3n) is 5.28. The Kier molecular flexibility index (Phi) is 4.65. The van der Waals surface area contributed by atoms with Gasteiger partial charge in [-0.05, 0) is 51.4 Å². The summed E-state index contributed by atoms with van der Waals surface area (Å²) in [6, 6.07) is 0.714. The topological polar surface area (TPSA) is 81.7 Å². The predicted octanol–water partition coefficient (Wildman–Crippen LogP) is 3.39. The van der Waals surface area contributed by atoms with Crippen LogP contribution in [0.15, 0.2) is 12.4 Å². The number of imidazole rings is 1. The monoisotopic (exact) mass is 360 g/mol. The van der Waals surface area contributed by atoms with E-state index in [0.717, 1.165) is 55.4 Å². The molecule has 2 aliphatic carbocycles. The lowest BCUT2D eigenvalue weighted by Gasteiger charge is -2.26. The van der Waals surface area contributed by atoms with Crippen LogP contribution in [0.1, 0.15) is 44.3 Å². The van der Waals surface area contributed by atoms with Gasteiger partial charge in [-0.1, -0.05) is 11.6 Å². The quantitative estimate of drug-likeness (QED) is 0.854. The van der Waals surface area contributed by atoms with Gasteiger partial charge < -0.3 is 15.6 Å². The first-order valence-corrected chi connectivity index (χ1v) is 9.55. The highest BCUT2D eigenvalue weighted by molar-refractivity contribution is 6.32. The van der Waals surface area contributed by atoms with Crippen LogP contribution in [0.4, 0.5) is 5.95 Å². The van der Waals surface area contributed by atoms with Crippen molar-refractivity contribution in [3.63, 3.8) is 0 Å². The van der Waals surface area contributed by atoms with Crippen molar-refractivity contribution in [2.24, 2.45) is 11.7 Å². The number of nitrogens with two attached hydrogens (primary N) is 1. The molecule has 0 radical (unpaired) electrons. The summed E-state index contributed by atoms with van der Waals surface area (Å²) in [5.41, 5.74) is 7.72. The zero-order valence-electron chi connectivity index (χ0n) is 14.6. The van der Waals surface area contributed by atoms with Crippen LogP contribution in [-0.4, -0.2) is 31.6 Å².